The zero-order valence-electron chi connectivity index (χ0n) is 10.3. The van der Waals surface area contributed by atoms with Crippen molar-refractivity contribution < 1.29 is 33.0 Å². The van der Waals surface area contributed by atoms with Crippen LogP contribution in [-0.4, -0.2) is 33.8 Å². The molecule has 0 fully saturated rings. The van der Waals surface area contributed by atoms with E-state index in [-0.39, 0.29) is 5.56 Å². The predicted octanol–water partition coefficient (Wildman–Crippen LogP) is 1.24. The number of nitrogens with one attached hydrogen (secondary N) is 1. The van der Waals surface area contributed by atoms with Gasteiger partial charge < -0.3 is 15.5 Å². The molecule has 2 unspecified atom stereocenters. The highest BCUT2D eigenvalue weighted by Crippen LogP contribution is 2.31. The van der Waals surface area contributed by atoms with E-state index in [2.05, 4.69) is 0 Å². The van der Waals surface area contributed by atoms with Crippen LogP contribution in [0, 0.1) is 0 Å². The van der Waals surface area contributed by atoms with Gasteiger partial charge in [0, 0.05) is 0 Å². The first-order valence-electron chi connectivity index (χ1n) is 5.45. The Kier molecular flexibility index (Phi) is 4.39. The number of amides is 1. The van der Waals surface area contributed by atoms with Crippen molar-refractivity contribution in [3.8, 4) is 0 Å². The van der Waals surface area contributed by atoms with E-state index in [1.807, 2.05) is 0 Å². The van der Waals surface area contributed by atoms with Gasteiger partial charge in [0.1, 0.15) is 0 Å². The number of hydrogen-bond acceptors (Lipinski definition) is 3. The Labute approximate surface area is 112 Å². The zero-order chi connectivity index (χ0) is 15.6. The first-order valence-corrected chi connectivity index (χ1v) is 5.45. The Morgan fingerprint density at radius 2 is 1.70 bits per heavy atom. The number of aliphatic carboxylic acids is 1. The van der Waals surface area contributed by atoms with Gasteiger partial charge in [0.2, 0.25) is 5.54 Å². The third-order valence-electron chi connectivity index (χ3n) is 2.73. The quantitative estimate of drug-likeness (QED) is 0.779. The highest BCUT2D eigenvalue weighted by Gasteiger charge is 2.58. The van der Waals surface area contributed by atoms with Gasteiger partial charge in [-0.1, -0.05) is 30.3 Å². The lowest BCUT2D eigenvalue weighted by Gasteiger charge is -2.29. The molecule has 3 N–H and O–H groups in total. The average molecular weight is 291 g/mol. The zero-order valence-corrected chi connectivity index (χ0v) is 10.3. The number of carboxylic acids is 1. The van der Waals surface area contributed by atoms with E-state index in [1.165, 1.54) is 29.6 Å². The smallest absolute Gasteiger partial charge is 0.422 e. The third-order valence-corrected chi connectivity index (χ3v) is 2.73. The maximum absolute atomic E-state index is 12.7. The summed E-state index contributed by atoms with van der Waals surface area (Å²) in [5.74, 6) is -3.71. The Bertz CT molecular complexity index is 503. The minimum absolute atomic E-state index is 0.0555. The molecule has 0 aromatic heterocycles. The Hall–Kier alpha value is -2.09. The van der Waals surface area contributed by atoms with Crippen molar-refractivity contribution in [1.29, 1.82) is 0 Å². The van der Waals surface area contributed by atoms with E-state index in [0.29, 0.717) is 6.92 Å². The molecule has 8 heteroatoms. The molecule has 20 heavy (non-hydrogen) atoms. The van der Waals surface area contributed by atoms with Crippen molar-refractivity contribution in [2.45, 2.75) is 24.7 Å². The topological polar surface area (TPSA) is 86.6 Å². The van der Waals surface area contributed by atoms with Crippen LogP contribution in [0.5, 0.6) is 0 Å². The summed E-state index contributed by atoms with van der Waals surface area (Å²) in [6, 6.07) is 7.20. The second kappa shape index (κ2) is 5.49. The lowest BCUT2D eigenvalue weighted by molar-refractivity contribution is -0.207. The summed E-state index contributed by atoms with van der Waals surface area (Å²) in [5.41, 5.74) is -3.42. The van der Waals surface area contributed by atoms with Crippen LogP contribution in [0.4, 0.5) is 13.2 Å². The third kappa shape index (κ3) is 3.08. The van der Waals surface area contributed by atoms with E-state index >= 15 is 0 Å². The van der Waals surface area contributed by atoms with Crippen LogP contribution in [0.2, 0.25) is 0 Å². The highest BCUT2D eigenvalue weighted by atomic mass is 19.4. The van der Waals surface area contributed by atoms with Crippen molar-refractivity contribution in [3.05, 3.63) is 35.9 Å². The standard InChI is InChI=1S/C12H12F3NO4/c1-11(10(19)20,12(13,14)15)16-9(18)8(17)7-5-3-2-4-6-7/h2-6,8,17H,1H3,(H,16,18)(H,19,20). The molecular weight excluding hydrogens is 279 g/mol. The maximum Gasteiger partial charge on any atom is 0.422 e. The first kappa shape index (κ1) is 16.0. The lowest BCUT2D eigenvalue weighted by atomic mass is 10.0. The molecule has 1 aromatic rings. The summed E-state index contributed by atoms with van der Waals surface area (Å²) in [6.45, 7) is 0.310. The fraction of sp³-hybridized carbons (Fsp3) is 0.333. The normalized spacial score (nSPS) is 16.1. The van der Waals surface area contributed by atoms with Crippen LogP contribution >= 0.6 is 0 Å². The summed E-state index contributed by atoms with van der Waals surface area (Å²) in [5, 5.41) is 19.6. The van der Waals surface area contributed by atoms with Crippen LogP contribution in [0.3, 0.4) is 0 Å². The van der Waals surface area contributed by atoms with Gasteiger partial charge in [0.25, 0.3) is 5.91 Å². The van der Waals surface area contributed by atoms with Crippen molar-refractivity contribution in [3.63, 3.8) is 0 Å². The van der Waals surface area contributed by atoms with Gasteiger partial charge in [-0.25, -0.2) is 4.79 Å². The molecule has 1 rings (SSSR count). The molecule has 0 spiro atoms. The molecule has 2 atom stereocenters. The highest BCUT2D eigenvalue weighted by molar-refractivity contribution is 5.90. The SMILES string of the molecule is CC(NC(=O)C(O)c1ccccc1)(C(=O)O)C(F)(F)F. The molecule has 0 aliphatic carbocycles. The summed E-state index contributed by atoms with van der Waals surface area (Å²) < 4.78 is 38.1. The van der Waals surface area contributed by atoms with Gasteiger partial charge in [-0.3, -0.25) is 4.79 Å². The number of carbonyl (C=O) groups is 2. The van der Waals surface area contributed by atoms with Crippen molar-refractivity contribution in [2.24, 2.45) is 0 Å². The minimum Gasteiger partial charge on any atom is -0.479 e. The number of carbonyl (C=O) groups excluding carboxylic acids is 1. The van der Waals surface area contributed by atoms with Gasteiger partial charge in [0.05, 0.1) is 0 Å². The van der Waals surface area contributed by atoms with Crippen LogP contribution < -0.4 is 5.32 Å². The van der Waals surface area contributed by atoms with Gasteiger partial charge in [-0.15, -0.1) is 0 Å². The fourth-order valence-electron chi connectivity index (χ4n) is 1.35. The first-order chi connectivity index (χ1) is 9.09. The number of benzene rings is 1. The Morgan fingerprint density at radius 3 is 2.10 bits per heavy atom. The lowest BCUT2D eigenvalue weighted by Crippen LogP contribution is -2.62. The fourth-order valence-corrected chi connectivity index (χ4v) is 1.35. The molecule has 0 radical (unpaired) electrons. The van der Waals surface area contributed by atoms with Crippen molar-refractivity contribution >= 4 is 11.9 Å². The largest absolute Gasteiger partial charge is 0.479 e. The number of aliphatic hydroxyl groups excluding tert-OH is 1. The number of carboxylic acid groups (broad SMARTS) is 1. The van der Waals surface area contributed by atoms with Crippen LogP contribution in [0.15, 0.2) is 30.3 Å². The molecular formula is C12H12F3NO4. The second-order valence-electron chi connectivity index (χ2n) is 4.23. The van der Waals surface area contributed by atoms with E-state index in [1.54, 1.807) is 6.07 Å². The summed E-state index contributed by atoms with van der Waals surface area (Å²) in [4.78, 5) is 22.3. The summed E-state index contributed by atoms with van der Waals surface area (Å²) in [7, 11) is 0. The van der Waals surface area contributed by atoms with Gasteiger partial charge >= 0.3 is 12.1 Å². The number of hydrogen-bond donors (Lipinski definition) is 3. The molecule has 110 valence electrons. The van der Waals surface area contributed by atoms with Crippen LogP contribution in [-0.2, 0) is 9.59 Å². The number of rotatable bonds is 4. The molecule has 0 heterocycles. The number of halogens is 3. The molecule has 0 aliphatic heterocycles. The predicted molar refractivity (Wildman–Crippen MR) is 61.6 cm³/mol. The average Bonchev–Trinajstić information content (AvgIpc) is 2.37. The Morgan fingerprint density at radius 1 is 1.20 bits per heavy atom. The van der Waals surface area contributed by atoms with Crippen molar-refractivity contribution in [1.82, 2.24) is 5.32 Å². The van der Waals surface area contributed by atoms with Gasteiger partial charge in [0.15, 0.2) is 6.10 Å². The summed E-state index contributed by atoms with van der Waals surface area (Å²) in [6.07, 6.45) is -7.09. The monoisotopic (exact) mass is 291 g/mol. The van der Waals surface area contributed by atoms with E-state index < -0.39 is 29.7 Å². The minimum atomic E-state index is -5.20. The Balaban J connectivity index is 2.96. The van der Waals surface area contributed by atoms with E-state index in [0.717, 1.165) is 0 Å². The molecule has 0 bridgehead atoms. The molecule has 0 saturated carbocycles. The molecule has 0 aliphatic rings. The number of aliphatic hydroxyl groups is 1. The van der Waals surface area contributed by atoms with E-state index in [9.17, 15) is 27.9 Å². The second-order valence-corrected chi connectivity index (χ2v) is 4.23. The molecule has 5 nitrogen and oxygen atoms in total. The molecule has 1 amide bonds. The van der Waals surface area contributed by atoms with Gasteiger partial charge in [-0.2, -0.15) is 13.2 Å². The van der Waals surface area contributed by atoms with Crippen molar-refractivity contribution in [2.75, 3.05) is 0 Å². The van der Waals surface area contributed by atoms with Crippen LogP contribution in [0.1, 0.15) is 18.6 Å². The molecule has 1 aromatic carbocycles. The molecule has 0 saturated heterocycles. The van der Waals surface area contributed by atoms with Gasteiger partial charge in [-0.05, 0) is 12.5 Å². The maximum atomic E-state index is 12.7. The number of alkyl halides is 3. The summed E-state index contributed by atoms with van der Waals surface area (Å²) >= 11 is 0. The van der Waals surface area contributed by atoms with E-state index in [4.69, 9.17) is 5.11 Å². The van der Waals surface area contributed by atoms with Crippen LogP contribution in [0.25, 0.3) is 0 Å².